The quantitative estimate of drug-likeness (QED) is 0.381. The van der Waals surface area contributed by atoms with Crippen LogP contribution in [-0.4, -0.2) is 80.9 Å². The molecule has 1 fully saturated rings. The van der Waals surface area contributed by atoms with Crippen molar-refractivity contribution in [2.75, 3.05) is 58.9 Å². The molecule has 0 amide bonds. The van der Waals surface area contributed by atoms with Crippen molar-refractivity contribution >= 4 is 5.97 Å². The van der Waals surface area contributed by atoms with E-state index < -0.39 is 12.0 Å². The van der Waals surface area contributed by atoms with Gasteiger partial charge in [0.15, 0.2) is 0 Å². The van der Waals surface area contributed by atoms with Crippen LogP contribution in [0.3, 0.4) is 0 Å². The molecule has 0 unspecified atom stereocenters. The molecule has 0 aromatic rings. The smallest absolute Gasteiger partial charge is 0.321 e. The van der Waals surface area contributed by atoms with E-state index in [1.54, 1.807) is 0 Å². The summed E-state index contributed by atoms with van der Waals surface area (Å²) in [4.78, 5) is 12.9. The Bertz CT molecular complexity index is 227. The molecule has 0 bridgehead atoms. The van der Waals surface area contributed by atoms with Crippen LogP contribution in [0.1, 0.15) is 0 Å². The van der Waals surface area contributed by atoms with Crippen LogP contribution < -0.4 is 21.7 Å². The number of carboxylic acid groups (broad SMARTS) is 1. The SMILES string of the molecule is N[C@@H](CN1CCNCCNCCNCC1)C(=O)O. The van der Waals surface area contributed by atoms with Crippen molar-refractivity contribution in [1.29, 1.82) is 0 Å². The highest BCUT2D eigenvalue weighted by molar-refractivity contribution is 5.73. The van der Waals surface area contributed by atoms with Gasteiger partial charge in [-0.15, -0.1) is 0 Å². The zero-order valence-corrected chi connectivity index (χ0v) is 10.8. The summed E-state index contributed by atoms with van der Waals surface area (Å²) < 4.78 is 0. The predicted octanol–water partition coefficient (Wildman–Crippen LogP) is -2.52. The highest BCUT2D eigenvalue weighted by Crippen LogP contribution is 1.91. The molecule has 1 heterocycles. The van der Waals surface area contributed by atoms with Crippen LogP contribution >= 0.6 is 0 Å². The average molecular weight is 259 g/mol. The number of hydrogen-bond acceptors (Lipinski definition) is 6. The third-order valence-electron chi connectivity index (χ3n) is 2.94. The number of aliphatic carboxylic acids is 1. The fourth-order valence-electron chi connectivity index (χ4n) is 1.85. The third-order valence-corrected chi connectivity index (χ3v) is 2.94. The van der Waals surface area contributed by atoms with E-state index in [1.807, 2.05) is 0 Å². The molecule has 7 nitrogen and oxygen atoms in total. The van der Waals surface area contributed by atoms with E-state index in [-0.39, 0.29) is 0 Å². The van der Waals surface area contributed by atoms with E-state index in [1.165, 1.54) is 0 Å². The normalized spacial score (nSPS) is 22.7. The standard InChI is InChI=1S/C11H25N5O2/c12-10(11(17)18)9-16-7-5-14-3-1-13-2-4-15-6-8-16/h10,13-15H,1-9,12H2,(H,17,18)/t10-/m0/s1. The van der Waals surface area contributed by atoms with Crippen molar-refractivity contribution in [2.45, 2.75) is 6.04 Å². The molecule has 1 aliphatic heterocycles. The van der Waals surface area contributed by atoms with Gasteiger partial charge in [0, 0.05) is 58.9 Å². The van der Waals surface area contributed by atoms with E-state index in [2.05, 4.69) is 20.9 Å². The summed E-state index contributed by atoms with van der Waals surface area (Å²) in [5, 5.41) is 18.8. The first-order valence-electron chi connectivity index (χ1n) is 6.53. The molecule has 106 valence electrons. The zero-order chi connectivity index (χ0) is 13.2. The number of hydrogen-bond donors (Lipinski definition) is 5. The first-order chi connectivity index (χ1) is 8.70. The Balaban J connectivity index is 2.33. The average Bonchev–Trinajstić information content (AvgIpc) is 2.32. The van der Waals surface area contributed by atoms with Crippen molar-refractivity contribution in [3.8, 4) is 0 Å². The fourth-order valence-corrected chi connectivity index (χ4v) is 1.85. The van der Waals surface area contributed by atoms with Crippen molar-refractivity contribution in [1.82, 2.24) is 20.9 Å². The van der Waals surface area contributed by atoms with Crippen LogP contribution in [0.25, 0.3) is 0 Å². The number of rotatable bonds is 3. The Labute approximate surface area is 108 Å². The molecule has 1 aliphatic rings. The predicted molar refractivity (Wildman–Crippen MR) is 70.7 cm³/mol. The largest absolute Gasteiger partial charge is 0.480 e. The summed E-state index contributed by atoms with van der Waals surface area (Å²) in [5.41, 5.74) is 5.57. The maximum Gasteiger partial charge on any atom is 0.321 e. The molecular weight excluding hydrogens is 234 g/mol. The van der Waals surface area contributed by atoms with E-state index in [9.17, 15) is 4.79 Å². The molecule has 0 saturated carbocycles. The Morgan fingerprint density at radius 2 is 1.50 bits per heavy atom. The van der Waals surface area contributed by atoms with Gasteiger partial charge in [-0.05, 0) is 0 Å². The lowest BCUT2D eigenvalue weighted by Crippen LogP contribution is -2.47. The summed E-state index contributed by atoms with van der Waals surface area (Å²) in [6.07, 6.45) is 0. The summed E-state index contributed by atoms with van der Waals surface area (Å²) in [6.45, 7) is 7.52. The zero-order valence-electron chi connectivity index (χ0n) is 10.8. The van der Waals surface area contributed by atoms with Gasteiger partial charge in [-0.3, -0.25) is 9.69 Å². The van der Waals surface area contributed by atoms with Gasteiger partial charge >= 0.3 is 5.97 Å². The Morgan fingerprint density at radius 1 is 1.06 bits per heavy atom. The van der Waals surface area contributed by atoms with E-state index in [0.717, 1.165) is 52.4 Å². The van der Waals surface area contributed by atoms with E-state index in [4.69, 9.17) is 10.8 Å². The second-order valence-corrected chi connectivity index (χ2v) is 4.50. The highest BCUT2D eigenvalue weighted by atomic mass is 16.4. The number of nitrogens with two attached hydrogens (primary N) is 1. The molecular formula is C11H25N5O2. The third kappa shape index (κ3) is 6.87. The van der Waals surface area contributed by atoms with Crippen LogP contribution in [0.4, 0.5) is 0 Å². The summed E-state index contributed by atoms with van der Waals surface area (Å²) in [5.74, 6) is -0.939. The molecule has 0 aromatic heterocycles. The van der Waals surface area contributed by atoms with Crippen LogP contribution in [0.2, 0.25) is 0 Å². The molecule has 7 heteroatoms. The Hall–Kier alpha value is -0.730. The minimum atomic E-state index is -0.939. The van der Waals surface area contributed by atoms with Crippen LogP contribution in [0.5, 0.6) is 0 Å². The monoisotopic (exact) mass is 259 g/mol. The topological polar surface area (TPSA) is 103 Å². The van der Waals surface area contributed by atoms with Gasteiger partial charge in [0.1, 0.15) is 6.04 Å². The first kappa shape index (κ1) is 15.3. The summed E-state index contributed by atoms with van der Waals surface area (Å²) >= 11 is 0. The molecule has 6 N–H and O–H groups in total. The molecule has 0 spiro atoms. The van der Waals surface area contributed by atoms with Gasteiger partial charge in [0.05, 0.1) is 0 Å². The molecule has 0 radical (unpaired) electrons. The molecule has 1 saturated heterocycles. The van der Waals surface area contributed by atoms with Gasteiger partial charge in [-0.25, -0.2) is 0 Å². The second-order valence-electron chi connectivity index (χ2n) is 4.50. The molecule has 0 aliphatic carbocycles. The summed E-state index contributed by atoms with van der Waals surface area (Å²) in [7, 11) is 0. The molecule has 1 rings (SSSR count). The van der Waals surface area contributed by atoms with Gasteiger partial charge in [0.2, 0.25) is 0 Å². The van der Waals surface area contributed by atoms with Crippen molar-refractivity contribution in [3.63, 3.8) is 0 Å². The Kier molecular flexibility index (Phi) is 7.86. The highest BCUT2D eigenvalue weighted by Gasteiger charge is 2.16. The lowest BCUT2D eigenvalue weighted by atomic mass is 10.3. The van der Waals surface area contributed by atoms with Crippen molar-refractivity contribution in [3.05, 3.63) is 0 Å². The van der Waals surface area contributed by atoms with Gasteiger partial charge in [0.25, 0.3) is 0 Å². The van der Waals surface area contributed by atoms with Crippen LogP contribution in [0.15, 0.2) is 0 Å². The van der Waals surface area contributed by atoms with Gasteiger partial charge in [-0.2, -0.15) is 0 Å². The van der Waals surface area contributed by atoms with Gasteiger partial charge in [-0.1, -0.05) is 0 Å². The minimum absolute atomic E-state index is 0.400. The lowest BCUT2D eigenvalue weighted by Gasteiger charge is -2.25. The molecule has 0 aromatic carbocycles. The number of carboxylic acids is 1. The molecule has 1 atom stereocenters. The Morgan fingerprint density at radius 3 is 1.94 bits per heavy atom. The maximum absolute atomic E-state index is 10.8. The summed E-state index contributed by atoms with van der Waals surface area (Å²) in [6, 6.07) is -0.806. The van der Waals surface area contributed by atoms with Crippen molar-refractivity contribution in [2.24, 2.45) is 5.73 Å². The molecule has 18 heavy (non-hydrogen) atoms. The fraction of sp³-hybridized carbons (Fsp3) is 0.909. The first-order valence-corrected chi connectivity index (χ1v) is 6.53. The van der Waals surface area contributed by atoms with Gasteiger partial charge < -0.3 is 26.8 Å². The lowest BCUT2D eigenvalue weighted by molar-refractivity contribution is -0.139. The van der Waals surface area contributed by atoms with E-state index >= 15 is 0 Å². The minimum Gasteiger partial charge on any atom is -0.480 e. The number of nitrogens with one attached hydrogen (secondary N) is 3. The number of carbonyl (C=O) groups is 1. The van der Waals surface area contributed by atoms with E-state index in [0.29, 0.717) is 6.54 Å². The van der Waals surface area contributed by atoms with Crippen LogP contribution in [-0.2, 0) is 4.79 Å². The maximum atomic E-state index is 10.8. The van der Waals surface area contributed by atoms with Crippen LogP contribution in [0, 0.1) is 0 Å². The number of nitrogens with zero attached hydrogens (tertiary/aromatic N) is 1. The second kappa shape index (κ2) is 9.23. The van der Waals surface area contributed by atoms with Crippen molar-refractivity contribution < 1.29 is 9.90 Å².